The summed E-state index contributed by atoms with van der Waals surface area (Å²) in [6.07, 6.45) is -4.32. The number of benzene rings is 1. The van der Waals surface area contributed by atoms with E-state index in [1.807, 2.05) is 0 Å². The maximum absolute atomic E-state index is 12.8. The Hall–Kier alpha value is -0.790. The van der Waals surface area contributed by atoms with Crippen molar-refractivity contribution in [2.24, 2.45) is 0 Å². The summed E-state index contributed by atoms with van der Waals surface area (Å²) in [5.74, 6) is 0. The molecule has 0 aliphatic carbocycles. The molecular formula is C11H13ClF3NO2S. The summed E-state index contributed by atoms with van der Waals surface area (Å²) in [5, 5.41) is -0.171. The second-order valence-electron chi connectivity index (χ2n) is 4.07. The molecule has 0 fully saturated rings. The summed E-state index contributed by atoms with van der Waals surface area (Å²) >= 11 is 5.49. The molecule has 1 atom stereocenters. The van der Waals surface area contributed by atoms with Gasteiger partial charge in [0.2, 0.25) is 10.0 Å². The number of hydrogen-bond donors (Lipinski definition) is 1. The van der Waals surface area contributed by atoms with Gasteiger partial charge in [-0.1, -0.05) is 18.5 Å². The maximum Gasteiger partial charge on any atom is 0.417 e. The molecule has 0 aromatic heterocycles. The molecule has 1 N–H and O–H groups in total. The van der Waals surface area contributed by atoms with Crippen molar-refractivity contribution in [2.75, 3.05) is 0 Å². The van der Waals surface area contributed by atoms with Crippen LogP contribution in [0.1, 0.15) is 25.8 Å². The highest BCUT2D eigenvalue weighted by atomic mass is 35.5. The molecule has 8 heteroatoms. The van der Waals surface area contributed by atoms with E-state index in [2.05, 4.69) is 4.72 Å². The Morgan fingerprint density at radius 3 is 2.42 bits per heavy atom. The zero-order valence-electron chi connectivity index (χ0n) is 10.3. The molecule has 108 valence electrons. The summed E-state index contributed by atoms with van der Waals surface area (Å²) in [5.41, 5.74) is -1.27. The first-order valence-corrected chi connectivity index (χ1v) is 7.33. The van der Waals surface area contributed by atoms with Crippen molar-refractivity contribution >= 4 is 21.6 Å². The van der Waals surface area contributed by atoms with Crippen LogP contribution in [0.4, 0.5) is 13.2 Å². The van der Waals surface area contributed by atoms with Crippen LogP contribution in [0.2, 0.25) is 5.02 Å². The smallest absolute Gasteiger partial charge is 0.208 e. The van der Waals surface area contributed by atoms with Crippen molar-refractivity contribution < 1.29 is 21.6 Å². The highest BCUT2D eigenvalue weighted by Crippen LogP contribution is 2.35. The van der Waals surface area contributed by atoms with Crippen molar-refractivity contribution in [3.05, 3.63) is 28.8 Å². The van der Waals surface area contributed by atoms with Crippen LogP contribution in [0.5, 0.6) is 0 Å². The fourth-order valence-corrected chi connectivity index (χ4v) is 3.08. The van der Waals surface area contributed by atoms with E-state index >= 15 is 0 Å². The predicted molar refractivity (Wildman–Crippen MR) is 66.5 cm³/mol. The minimum Gasteiger partial charge on any atom is -0.208 e. The molecule has 0 bridgehead atoms. The maximum atomic E-state index is 12.8. The van der Waals surface area contributed by atoms with Crippen LogP contribution < -0.4 is 4.72 Å². The number of halogens is 4. The van der Waals surface area contributed by atoms with E-state index in [-0.39, 0.29) is 5.02 Å². The average Bonchev–Trinajstić information content (AvgIpc) is 2.26. The molecule has 19 heavy (non-hydrogen) atoms. The first-order chi connectivity index (χ1) is 8.58. The van der Waals surface area contributed by atoms with E-state index < -0.39 is 32.7 Å². The third kappa shape index (κ3) is 4.09. The molecule has 1 rings (SSSR count). The van der Waals surface area contributed by atoms with Gasteiger partial charge in [0.05, 0.1) is 10.5 Å². The highest BCUT2D eigenvalue weighted by molar-refractivity contribution is 7.89. The Bertz CT molecular complexity index is 558. The Balaban J connectivity index is 3.35. The lowest BCUT2D eigenvalue weighted by molar-refractivity contribution is -0.139. The molecule has 3 nitrogen and oxygen atoms in total. The fraction of sp³-hybridized carbons (Fsp3) is 0.455. The predicted octanol–water partition coefficient (Wildman–Crippen LogP) is 3.44. The van der Waals surface area contributed by atoms with E-state index in [1.165, 1.54) is 0 Å². The second-order valence-corrected chi connectivity index (χ2v) is 6.19. The van der Waals surface area contributed by atoms with Gasteiger partial charge in [0.25, 0.3) is 0 Å². The van der Waals surface area contributed by atoms with E-state index in [0.29, 0.717) is 12.5 Å². The van der Waals surface area contributed by atoms with Crippen molar-refractivity contribution in [3.8, 4) is 0 Å². The van der Waals surface area contributed by atoms with Gasteiger partial charge in [-0.3, -0.25) is 0 Å². The van der Waals surface area contributed by atoms with Crippen LogP contribution in [0.25, 0.3) is 0 Å². The molecule has 0 aliphatic heterocycles. The van der Waals surface area contributed by atoms with Gasteiger partial charge < -0.3 is 0 Å². The standard InChI is InChI=1S/C11H13ClF3NO2S/c1-3-7(2)16-19(17,18)10-5-4-8(12)6-9(10)11(13,14)15/h4-7,16H,3H2,1-2H3. The van der Waals surface area contributed by atoms with Crippen molar-refractivity contribution in [3.63, 3.8) is 0 Å². The van der Waals surface area contributed by atoms with Gasteiger partial charge in [0.15, 0.2) is 0 Å². The number of hydrogen-bond acceptors (Lipinski definition) is 2. The summed E-state index contributed by atoms with van der Waals surface area (Å²) in [7, 11) is -4.23. The summed E-state index contributed by atoms with van der Waals surface area (Å²) in [4.78, 5) is -0.815. The zero-order chi connectivity index (χ0) is 14.8. The monoisotopic (exact) mass is 315 g/mol. The quantitative estimate of drug-likeness (QED) is 0.925. The topological polar surface area (TPSA) is 46.2 Å². The normalized spacial score (nSPS) is 14.4. The third-order valence-electron chi connectivity index (χ3n) is 2.51. The van der Waals surface area contributed by atoms with Crippen molar-refractivity contribution in [1.29, 1.82) is 0 Å². The average molecular weight is 316 g/mol. The molecule has 0 heterocycles. The van der Waals surface area contributed by atoms with Gasteiger partial charge in [-0.25, -0.2) is 13.1 Å². The molecule has 0 saturated heterocycles. The van der Waals surface area contributed by atoms with Crippen molar-refractivity contribution in [2.45, 2.75) is 37.4 Å². The highest BCUT2D eigenvalue weighted by Gasteiger charge is 2.37. The van der Waals surface area contributed by atoms with Gasteiger partial charge >= 0.3 is 6.18 Å². The van der Waals surface area contributed by atoms with Gasteiger partial charge in [-0.2, -0.15) is 13.2 Å². The Morgan fingerprint density at radius 1 is 1.37 bits per heavy atom. The van der Waals surface area contributed by atoms with Gasteiger partial charge in [0.1, 0.15) is 0 Å². The minimum absolute atomic E-state index is 0.171. The van der Waals surface area contributed by atoms with E-state index in [9.17, 15) is 21.6 Å². The molecule has 1 aromatic carbocycles. The van der Waals surface area contributed by atoms with Crippen LogP contribution in [0.15, 0.2) is 23.1 Å². The van der Waals surface area contributed by atoms with E-state index in [1.54, 1.807) is 13.8 Å². The number of rotatable bonds is 4. The number of nitrogens with one attached hydrogen (secondary N) is 1. The Labute approximate surface area is 114 Å². The van der Waals surface area contributed by atoms with Crippen LogP contribution in [0, 0.1) is 0 Å². The Morgan fingerprint density at radius 2 is 1.95 bits per heavy atom. The number of sulfonamides is 1. The summed E-state index contributed by atoms with van der Waals surface area (Å²) in [6, 6.07) is 2.12. The molecule has 0 amide bonds. The fourth-order valence-electron chi connectivity index (χ4n) is 1.37. The molecule has 1 aromatic rings. The van der Waals surface area contributed by atoms with E-state index in [4.69, 9.17) is 11.6 Å². The largest absolute Gasteiger partial charge is 0.417 e. The lowest BCUT2D eigenvalue weighted by atomic mass is 10.2. The van der Waals surface area contributed by atoms with Crippen LogP contribution in [-0.4, -0.2) is 14.5 Å². The molecule has 1 unspecified atom stereocenters. The van der Waals surface area contributed by atoms with Crippen molar-refractivity contribution in [1.82, 2.24) is 4.72 Å². The number of alkyl halides is 3. The molecular weight excluding hydrogens is 303 g/mol. The third-order valence-corrected chi connectivity index (χ3v) is 4.39. The summed E-state index contributed by atoms with van der Waals surface area (Å²) < 4.78 is 64.5. The summed E-state index contributed by atoms with van der Waals surface area (Å²) in [6.45, 7) is 3.29. The van der Waals surface area contributed by atoms with Crippen LogP contribution >= 0.6 is 11.6 Å². The van der Waals surface area contributed by atoms with Crippen LogP contribution in [0.3, 0.4) is 0 Å². The van der Waals surface area contributed by atoms with E-state index in [0.717, 1.165) is 12.1 Å². The first-order valence-electron chi connectivity index (χ1n) is 5.47. The molecule has 0 saturated carbocycles. The van der Waals surface area contributed by atoms with Gasteiger partial charge in [-0.15, -0.1) is 0 Å². The second kappa shape index (κ2) is 5.68. The molecule has 0 radical (unpaired) electrons. The first kappa shape index (κ1) is 16.3. The molecule has 0 aliphatic rings. The SMILES string of the molecule is CCC(C)NS(=O)(=O)c1ccc(Cl)cc1C(F)(F)F. The van der Waals surface area contributed by atoms with Crippen LogP contribution in [-0.2, 0) is 16.2 Å². The minimum atomic E-state index is -4.79. The zero-order valence-corrected chi connectivity index (χ0v) is 11.8. The lowest BCUT2D eigenvalue weighted by Crippen LogP contribution is -2.33. The van der Waals surface area contributed by atoms with Gasteiger partial charge in [-0.05, 0) is 31.5 Å². The van der Waals surface area contributed by atoms with Gasteiger partial charge in [0, 0.05) is 11.1 Å². The lowest BCUT2D eigenvalue weighted by Gasteiger charge is -2.16. The Kier molecular flexibility index (Phi) is 4.86. The molecule has 0 spiro atoms.